The molecule has 1 saturated heterocycles. The molecule has 0 saturated carbocycles. The molecule has 1 aromatic carbocycles. The molecule has 2 atom stereocenters. The Balaban J connectivity index is 1.93. The van der Waals surface area contributed by atoms with Gasteiger partial charge in [-0.2, -0.15) is 13.2 Å². The Kier molecular flexibility index (Phi) is 6.85. The van der Waals surface area contributed by atoms with Crippen molar-refractivity contribution in [1.29, 1.82) is 0 Å². The summed E-state index contributed by atoms with van der Waals surface area (Å²) in [6, 6.07) is 3.09. The van der Waals surface area contributed by atoms with E-state index in [4.69, 9.17) is 9.88 Å². The molecule has 14 heteroatoms. The number of anilines is 2. The normalized spacial score (nSPS) is 18.8. The van der Waals surface area contributed by atoms with Crippen molar-refractivity contribution in [3.8, 4) is 5.75 Å². The SMILES string of the molecule is COc1c(N2C[C@H](OC(F)F)C[C@H]2C(=O)Nc2ccnc(S(N)(=O)=O)c2)ccc(F)c1F. The van der Waals surface area contributed by atoms with Gasteiger partial charge in [-0.15, -0.1) is 0 Å². The average Bonchev–Trinajstić information content (AvgIpc) is 3.12. The van der Waals surface area contributed by atoms with Crippen LogP contribution in [0.1, 0.15) is 6.42 Å². The van der Waals surface area contributed by atoms with E-state index < -0.39 is 57.1 Å². The number of nitrogens with zero attached hydrogens (tertiary/aromatic N) is 2. The van der Waals surface area contributed by atoms with Crippen LogP contribution in [0.15, 0.2) is 35.5 Å². The molecule has 1 fully saturated rings. The van der Waals surface area contributed by atoms with E-state index >= 15 is 0 Å². The van der Waals surface area contributed by atoms with Gasteiger partial charge in [0.05, 0.1) is 18.9 Å². The first-order chi connectivity index (χ1) is 15.0. The highest BCUT2D eigenvalue weighted by Gasteiger charge is 2.40. The molecular formula is C18H18F4N4O5S. The van der Waals surface area contributed by atoms with Gasteiger partial charge in [0.15, 0.2) is 16.6 Å². The van der Waals surface area contributed by atoms with Gasteiger partial charge in [0, 0.05) is 30.9 Å². The fourth-order valence-corrected chi connectivity index (χ4v) is 3.87. The number of carbonyl (C=O) groups excluding carboxylic acids is 1. The fraction of sp³-hybridized carbons (Fsp3) is 0.333. The predicted octanol–water partition coefficient (Wildman–Crippen LogP) is 1.84. The summed E-state index contributed by atoms with van der Waals surface area (Å²) in [6.45, 7) is -3.36. The third-order valence-corrected chi connectivity index (χ3v) is 5.50. The Bertz CT molecular complexity index is 1120. The fourth-order valence-electron chi connectivity index (χ4n) is 3.37. The predicted molar refractivity (Wildman–Crippen MR) is 104 cm³/mol. The highest BCUT2D eigenvalue weighted by atomic mass is 32.2. The van der Waals surface area contributed by atoms with E-state index in [1.165, 1.54) is 11.0 Å². The van der Waals surface area contributed by atoms with E-state index in [9.17, 15) is 30.8 Å². The standard InChI is InChI=1S/C18H18F4N4O5S/c1-30-16-12(3-2-11(19)15(16)20)26-8-10(31-18(21)22)7-13(26)17(27)25-9-4-5-24-14(6-9)32(23,28)29/h2-6,10,13,18H,7-8H2,1H3,(H2,23,28,29)(H,24,25,27)/t10-,13+/m1/s1. The molecule has 0 unspecified atom stereocenters. The molecule has 32 heavy (non-hydrogen) atoms. The molecule has 3 rings (SSSR count). The van der Waals surface area contributed by atoms with Crippen LogP contribution in [0.3, 0.4) is 0 Å². The summed E-state index contributed by atoms with van der Waals surface area (Å²) in [4.78, 5) is 17.8. The van der Waals surface area contributed by atoms with Gasteiger partial charge in [-0.05, 0) is 18.2 Å². The topological polar surface area (TPSA) is 124 Å². The summed E-state index contributed by atoms with van der Waals surface area (Å²) in [5.41, 5.74) is -0.0312. The molecular weight excluding hydrogens is 460 g/mol. The number of sulfonamides is 1. The zero-order chi connectivity index (χ0) is 23.6. The number of nitrogens with one attached hydrogen (secondary N) is 1. The second-order valence-corrected chi connectivity index (χ2v) is 8.26. The van der Waals surface area contributed by atoms with Crippen molar-refractivity contribution in [3.63, 3.8) is 0 Å². The van der Waals surface area contributed by atoms with Crippen LogP contribution in [0.4, 0.5) is 28.9 Å². The second-order valence-electron chi connectivity index (χ2n) is 6.75. The Morgan fingerprint density at radius 3 is 2.66 bits per heavy atom. The van der Waals surface area contributed by atoms with Crippen LogP contribution < -0.4 is 20.1 Å². The Morgan fingerprint density at radius 2 is 2.03 bits per heavy atom. The summed E-state index contributed by atoms with van der Waals surface area (Å²) < 4.78 is 85.7. The van der Waals surface area contributed by atoms with Gasteiger partial charge >= 0.3 is 6.61 Å². The lowest BCUT2D eigenvalue weighted by Gasteiger charge is -2.27. The number of aromatic nitrogens is 1. The van der Waals surface area contributed by atoms with Crippen molar-refractivity contribution in [2.24, 2.45) is 5.14 Å². The molecule has 2 heterocycles. The van der Waals surface area contributed by atoms with Crippen molar-refractivity contribution in [3.05, 3.63) is 42.1 Å². The average molecular weight is 478 g/mol. The minimum Gasteiger partial charge on any atom is -0.491 e. The van der Waals surface area contributed by atoms with E-state index in [0.29, 0.717) is 0 Å². The summed E-state index contributed by atoms with van der Waals surface area (Å²) in [7, 11) is -3.06. The highest BCUT2D eigenvalue weighted by Crippen LogP contribution is 2.38. The van der Waals surface area contributed by atoms with Crippen LogP contribution in [0, 0.1) is 11.6 Å². The highest BCUT2D eigenvalue weighted by molar-refractivity contribution is 7.89. The van der Waals surface area contributed by atoms with Gasteiger partial charge in [-0.25, -0.2) is 22.9 Å². The van der Waals surface area contributed by atoms with Gasteiger partial charge in [-0.3, -0.25) is 4.79 Å². The number of carbonyl (C=O) groups is 1. The van der Waals surface area contributed by atoms with Crippen LogP contribution in [0.5, 0.6) is 5.75 Å². The van der Waals surface area contributed by atoms with Crippen LogP contribution in [-0.4, -0.2) is 51.7 Å². The van der Waals surface area contributed by atoms with Crippen molar-refractivity contribution in [2.45, 2.75) is 30.2 Å². The number of primary sulfonamides is 1. The number of alkyl halides is 2. The van der Waals surface area contributed by atoms with E-state index in [0.717, 1.165) is 31.5 Å². The van der Waals surface area contributed by atoms with E-state index in [1.807, 2.05) is 0 Å². The van der Waals surface area contributed by atoms with Crippen LogP contribution in [0.2, 0.25) is 0 Å². The quantitative estimate of drug-likeness (QED) is 0.582. The third-order valence-electron chi connectivity index (χ3n) is 4.70. The third kappa shape index (κ3) is 5.08. The molecule has 0 aliphatic carbocycles. The number of benzene rings is 1. The number of halogens is 4. The van der Waals surface area contributed by atoms with Crippen molar-refractivity contribution < 1.29 is 40.2 Å². The van der Waals surface area contributed by atoms with E-state index in [2.05, 4.69) is 15.0 Å². The maximum atomic E-state index is 14.2. The minimum absolute atomic E-state index is 0.0180. The number of hydrogen-bond donors (Lipinski definition) is 2. The first-order valence-corrected chi connectivity index (χ1v) is 10.6. The van der Waals surface area contributed by atoms with Crippen LogP contribution >= 0.6 is 0 Å². The first kappa shape index (κ1) is 23.7. The van der Waals surface area contributed by atoms with Gasteiger partial charge in [0.25, 0.3) is 10.0 Å². The lowest BCUT2D eigenvalue weighted by molar-refractivity contribution is -0.157. The first-order valence-electron chi connectivity index (χ1n) is 9.03. The molecule has 0 radical (unpaired) electrons. The van der Waals surface area contributed by atoms with Crippen molar-refractivity contribution in [2.75, 3.05) is 23.9 Å². The second kappa shape index (κ2) is 9.26. The summed E-state index contributed by atoms with van der Waals surface area (Å²) >= 11 is 0. The molecule has 2 aromatic rings. The van der Waals surface area contributed by atoms with Crippen LogP contribution in [-0.2, 0) is 19.6 Å². The molecule has 9 nitrogen and oxygen atoms in total. The smallest absolute Gasteiger partial charge is 0.345 e. The largest absolute Gasteiger partial charge is 0.491 e. The monoisotopic (exact) mass is 478 g/mol. The van der Waals surface area contributed by atoms with Gasteiger partial charge < -0.3 is 19.7 Å². The molecule has 0 bridgehead atoms. The lowest BCUT2D eigenvalue weighted by Crippen LogP contribution is -2.40. The number of nitrogens with two attached hydrogens (primary N) is 1. The Morgan fingerprint density at radius 1 is 1.31 bits per heavy atom. The number of ether oxygens (including phenoxy) is 2. The number of amides is 1. The van der Waals surface area contributed by atoms with E-state index in [-0.39, 0.29) is 24.3 Å². The van der Waals surface area contributed by atoms with Gasteiger partial charge in [-0.1, -0.05) is 0 Å². The van der Waals surface area contributed by atoms with Crippen molar-refractivity contribution >= 4 is 27.3 Å². The maximum Gasteiger partial charge on any atom is 0.345 e. The van der Waals surface area contributed by atoms with Crippen molar-refractivity contribution in [1.82, 2.24) is 4.98 Å². The Hall–Kier alpha value is -2.97. The Labute approximate surface area is 180 Å². The molecule has 174 valence electrons. The number of rotatable bonds is 7. The lowest BCUT2D eigenvalue weighted by atomic mass is 10.1. The molecule has 1 aliphatic rings. The minimum atomic E-state index is -4.14. The van der Waals surface area contributed by atoms with Gasteiger partial charge in [0.1, 0.15) is 6.04 Å². The number of methoxy groups -OCH3 is 1. The molecule has 0 spiro atoms. The summed E-state index contributed by atoms with van der Waals surface area (Å²) in [6.07, 6.45) is -0.227. The molecule has 1 aliphatic heterocycles. The number of pyridine rings is 1. The molecule has 1 amide bonds. The number of hydrogen-bond acceptors (Lipinski definition) is 7. The summed E-state index contributed by atoms with van der Waals surface area (Å²) in [5.74, 6) is -3.77. The van der Waals surface area contributed by atoms with Gasteiger partial charge in [0.2, 0.25) is 11.7 Å². The van der Waals surface area contributed by atoms with E-state index in [1.54, 1.807) is 0 Å². The zero-order valence-corrected chi connectivity index (χ0v) is 17.3. The summed E-state index contributed by atoms with van der Waals surface area (Å²) in [5, 5.41) is 6.96. The molecule has 3 N–H and O–H groups in total. The van der Waals surface area contributed by atoms with Crippen LogP contribution in [0.25, 0.3) is 0 Å². The molecule has 1 aromatic heterocycles. The maximum absolute atomic E-state index is 14.2. The zero-order valence-electron chi connectivity index (χ0n) is 16.5.